The first-order chi connectivity index (χ1) is 11.6. The van der Waals surface area contributed by atoms with Gasteiger partial charge in [-0.2, -0.15) is 0 Å². The molecule has 0 radical (unpaired) electrons. The van der Waals surface area contributed by atoms with Crippen LogP contribution in [-0.2, 0) is 5.60 Å². The second-order valence-corrected chi connectivity index (χ2v) is 7.52. The number of halogens is 2. The number of ether oxygens (including phenoxy) is 1. The average molecular weight is 450 g/mol. The standard InChI is InChI=1S/C16H17ClN2O2.C3H5.BrH.Mg/c1-16(20,9-2-3-9)13-8-19-15(21-10-4-5-10)12-7-18-14(17)6-11(12)13;1-2-3-1;;/h6-10,20H,2-5H2,1H3;1H,2-3H2;1H;/q;-1;;+2/p-1. The molecule has 0 aliphatic heterocycles. The minimum Gasteiger partial charge on any atom is -1.00 e. The Morgan fingerprint density at radius 2 is 1.81 bits per heavy atom. The molecule has 0 saturated heterocycles. The van der Waals surface area contributed by atoms with Gasteiger partial charge in [-0.25, -0.2) is 22.8 Å². The van der Waals surface area contributed by atoms with Gasteiger partial charge in [0.1, 0.15) is 11.3 Å². The Morgan fingerprint density at radius 3 is 2.35 bits per heavy atom. The van der Waals surface area contributed by atoms with Gasteiger partial charge in [-0.05, 0) is 50.0 Å². The fourth-order valence-electron chi connectivity index (χ4n) is 2.79. The predicted molar refractivity (Wildman–Crippen MR) is 99.8 cm³/mol. The molecule has 2 aromatic rings. The van der Waals surface area contributed by atoms with E-state index in [1.54, 1.807) is 18.5 Å². The Hall–Kier alpha value is -0.144. The van der Waals surface area contributed by atoms with Crippen molar-refractivity contribution < 1.29 is 26.8 Å². The molecule has 3 fully saturated rings. The van der Waals surface area contributed by atoms with Crippen LogP contribution in [0.4, 0.5) is 0 Å². The Morgan fingerprint density at radius 1 is 1.15 bits per heavy atom. The summed E-state index contributed by atoms with van der Waals surface area (Å²) in [5.41, 5.74) is -0.0685. The molecule has 0 bridgehead atoms. The zero-order valence-electron chi connectivity index (χ0n) is 14.9. The van der Waals surface area contributed by atoms with E-state index in [0.717, 1.165) is 42.0 Å². The van der Waals surface area contributed by atoms with Crippen molar-refractivity contribution in [1.29, 1.82) is 0 Å². The Labute approximate surface area is 186 Å². The Kier molecular flexibility index (Phi) is 7.59. The monoisotopic (exact) mass is 448 g/mol. The van der Waals surface area contributed by atoms with Crippen LogP contribution in [0.1, 0.15) is 51.0 Å². The van der Waals surface area contributed by atoms with Crippen LogP contribution in [-0.4, -0.2) is 44.2 Å². The van der Waals surface area contributed by atoms with Crippen LogP contribution in [0, 0.1) is 12.3 Å². The van der Waals surface area contributed by atoms with E-state index in [9.17, 15) is 5.11 Å². The molecule has 0 aromatic carbocycles. The number of aliphatic hydroxyl groups is 1. The number of hydrogen-bond acceptors (Lipinski definition) is 4. The number of hydrogen-bond donors (Lipinski definition) is 1. The first kappa shape index (κ1) is 22.1. The van der Waals surface area contributed by atoms with Crippen molar-refractivity contribution >= 4 is 45.4 Å². The van der Waals surface area contributed by atoms with E-state index in [-0.39, 0.29) is 46.1 Å². The van der Waals surface area contributed by atoms with Gasteiger partial charge in [0, 0.05) is 18.0 Å². The van der Waals surface area contributed by atoms with Gasteiger partial charge in [-0.15, -0.1) is 0 Å². The molecule has 7 heteroatoms. The fourth-order valence-corrected chi connectivity index (χ4v) is 2.95. The molecule has 1 atom stereocenters. The third-order valence-corrected chi connectivity index (χ3v) is 4.92. The number of pyridine rings is 2. The fraction of sp³-hybridized carbons (Fsp3) is 0.526. The average Bonchev–Trinajstić information content (AvgIpc) is 3.42. The smallest absolute Gasteiger partial charge is 1.00 e. The molecule has 3 saturated carbocycles. The minimum atomic E-state index is -0.881. The summed E-state index contributed by atoms with van der Waals surface area (Å²) in [5, 5.41) is 13.0. The van der Waals surface area contributed by atoms with Crippen molar-refractivity contribution in [2.45, 2.75) is 57.2 Å². The van der Waals surface area contributed by atoms with Crippen molar-refractivity contribution in [2.75, 3.05) is 0 Å². The molecule has 1 N–H and O–H groups in total. The van der Waals surface area contributed by atoms with Crippen molar-refractivity contribution in [3.8, 4) is 5.88 Å². The molecule has 3 aliphatic carbocycles. The van der Waals surface area contributed by atoms with E-state index in [1.165, 1.54) is 12.8 Å². The van der Waals surface area contributed by atoms with E-state index < -0.39 is 5.60 Å². The summed E-state index contributed by atoms with van der Waals surface area (Å²) in [6.45, 7) is 1.86. The largest absolute Gasteiger partial charge is 2.00 e. The topological polar surface area (TPSA) is 55.2 Å². The van der Waals surface area contributed by atoms with Crippen molar-refractivity contribution in [3.63, 3.8) is 0 Å². The quantitative estimate of drug-likeness (QED) is 0.430. The molecular weight excluding hydrogens is 428 g/mol. The van der Waals surface area contributed by atoms with E-state index in [2.05, 4.69) is 16.4 Å². The summed E-state index contributed by atoms with van der Waals surface area (Å²) >= 11 is 6.05. The van der Waals surface area contributed by atoms with Gasteiger partial charge in [0.25, 0.3) is 0 Å². The van der Waals surface area contributed by atoms with Crippen molar-refractivity contribution in [2.24, 2.45) is 5.92 Å². The van der Waals surface area contributed by atoms with Crippen LogP contribution >= 0.6 is 11.6 Å². The number of aromatic nitrogens is 2. The summed E-state index contributed by atoms with van der Waals surface area (Å²) in [6, 6.07) is 1.80. The maximum atomic E-state index is 10.9. The van der Waals surface area contributed by atoms with E-state index in [0.29, 0.717) is 17.0 Å². The zero-order valence-corrected chi connectivity index (χ0v) is 18.7. The molecule has 136 valence electrons. The molecule has 2 aromatic heterocycles. The van der Waals surface area contributed by atoms with E-state index >= 15 is 0 Å². The van der Waals surface area contributed by atoms with E-state index in [4.69, 9.17) is 16.3 Å². The number of rotatable bonds is 4. The third-order valence-electron chi connectivity index (χ3n) is 4.71. The van der Waals surface area contributed by atoms with Crippen LogP contribution in [0.2, 0.25) is 5.15 Å². The number of fused-ring (bicyclic) bond motifs is 1. The van der Waals surface area contributed by atoms with Gasteiger partial charge < -0.3 is 33.2 Å². The molecule has 4 nitrogen and oxygen atoms in total. The third kappa shape index (κ3) is 5.22. The molecular formula is C19H22BrClMgN2O2. The normalized spacial score (nSPS) is 20.0. The predicted octanol–water partition coefficient (Wildman–Crippen LogP) is 1.05. The Balaban J connectivity index is 0.000000444. The van der Waals surface area contributed by atoms with E-state index in [1.807, 2.05) is 6.92 Å². The first-order valence-electron chi connectivity index (χ1n) is 8.71. The molecule has 3 aliphatic rings. The van der Waals surface area contributed by atoms with Gasteiger partial charge in [0.05, 0.1) is 11.0 Å². The van der Waals surface area contributed by atoms with Crippen molar-refractivity contribution in [3.05, 3.63) is 35.6 Å². The van der Waals surface area contributed by atoms with Crippen LogP contribution < -0.4 is 21.7 Å². The summed E-state index contributed by atoms with van der Waals surface area (Å²) < 4.78 is 5.85. The minimum absolute atomic E-state index is 0. The van der Waals surface area contributed by atoms with Crippen molar-refractivity contribution in [1.82, 2.24) is 9.97 Å². The van der Waals surface area contributed by atoms with Gasteiger partial charge in [-0.1, -0.05) is 11.6 Å². The van der Waals surface area contributed by atoms with Crippen LogP contribution in [0.5, 0.6) is 5.88 Å². The summed E-state index contributed by atoms with van der Waals surface area (Å²) in [5.74, 6) is 0.886. The maximum Gasteiger partial charge on any atom is 2.00 e. The summed E-state index contributed by atoms with van der Waals surface area (Å²) in [6.07, 6.45) is 12.9. The molecule has 5 rings (SSSR count). The SMILES string of the molecule is CC(O)(c1cnc(OC2CC2)c2cnc(Cl)cc12)C1CC1.[Br-].[CH-]1CC1.[Mg+2]. The molecule has 0 amide bonds. The number of nitrogens with zero attached hydrogens (tertiary/aromatic N) is 2. The van der Waals surface area contributed by atoms with Crippen LogP contribution in [0.25, 0.3) is 10.8 Å². The summed E-state index contributed by atoms with van der Waals surface area (Å²) in [4.78, 5) is 8.57. The maximum absolute atomic E-state index is 10.9. The first-order valence-corrected chi connectivity index (χ1v) is 9.09. The zero-order chi connectivity index (χ0) is 16.7. The van der Waals surface area contributed by atoms with Gasteiger partial charge in [0.2, 0.25) is 5.88 Å². The molecule has 0 spiro atoms. The summed E-state index contributed by atoms with van der Waals surface area (Å²) in [7, 11) is 0. The second kappa shape index (κ2) is 8.91. The second-order valence-electron chi connectivity index (χ2n) is 7.13. The molecule has 1 unspecified atom stereocenters. The molecule has 2 heterocycles. The Bertz CT molecular complexity index is 762. The van der Waals surface area contributed by atoms with Gasteiger partial charge in [0.15, 0.2) is 0 Å². The van der Waals surface area contributed by atoms with Crippen LogP contribution in [0.3, 0.4) is 0 Å². The van der Waals surface area contributed by atoms with Gasteiger partial charge >= 0.3 is 23.1 Å². The molecule has 26 heavy (non-hydrogen) atoms. The van der Waals surface area contributed by atoms with Gasteiger partial charge in [-0.3, -0.25) is 0 Å². The van der Waals surface area contributed by atoms with Crippen LogP contribution in [0.15, 0.2) is 18.5 Å².